The van der Waals surface area contributed by atoms with Crippen LogP contribution in [0.3, 0.4) is 0 Å². The lowest BCUT2D eigenvalue weighted by molar-refractivity contribution is -0.144. The fourth-order valence-electron chi connectivity index (χ4n) is 2.17. The predicted octanol–water partition coefficient (Wildman–Crippen LogP) is 0.871. The molecular weight excluding hydrogens is 204 g/mol. The Balaban J connectivity index is 2.14. The zero-order valence-corrected chi connectivity index (χ0v) is 10.5. The van der Waals surface area contributed by atoms with Crippen LogP contribution < -0.4 is 5.32 Å². The summed E-state index contributed by atoms with van der Waals surface area (Å²) in [5.74, 6) is 0.738. The highest BCUT2D eigenvalue weighted by molar-refractivity contribution is 5.71. The molecule has 0 bridgehead atoms. The zero-order valence-electron chi connectivity index (χ0n) is 10.5. The van der Waals surface area contributed by atoms with Crippen molar-refractivity contribution in [1.82, 2.24) is 10.2 Å². The van der Waals surface area contributed by atoms with Crippen molar-refractivity contribution in [3.8, 4) is 0 Å². The van der Waals surface area contributed by atoms with Gasteiger partial charge in [-0.2, -0.15) is 0 Å². The van der Waals surface area contributed by atoms with E-state index in [0.29, 0.717) is 13.2 Å². The van der Waals surface area contributed by atoms with Crippen LogP contribution in [0.25, 0.3) is 0 Å². The molecule has 1 N–H and O–H groups in total. The molecule has 1 saturated heterocycles. The third kappa shape index (κ3) is 4.94. The number of nitrogens with zero attached hydrogens (tertiary/aromatic N) is 1. The first-order chi connectivity index (χ1) is 7.76. The van der Waals surface area contributed by atoms with Gasteiger partial charge in [-0.1, -0.05) is 0 Å². The van der Waals surface area contributed by atoms with E-state index < -0.39 is 0 Å². The molecule has 4 nitrogen and oxygen atoms in total. The van der Waals surface area contributed by atoms with Crippen LogP contribution in [0.15, 0.2) is 0 Å². The molecule has 0 spiro atoms. The van der Waals surface area contributed by atoms with Crippen molar-refractivity contribution in [2.75, 3.05) is 39.8 Å². The van der Waals surface area contributed by atoms with Crippen molar-refractivity contribution in [2.24, 2.45) is 5.92 Å². The third-order valence-electron chi connectivity index (χ3n) is 3.17. The van der Waals surface area contributed by atoms with E-state index in [-0.39, 0.29) is 5.97 Å². The summed E-state index contributed by atoms with van der Waals surface area (Å²) in [6.07, 6.45) is 3.67. The summed E-state index contributed by atoms with van der Waals surface area (Å²) in [5, 5.41) is 3.19. The fourth-order valence-corrected chi connectivity index (χ4v) is 2.17. The molecule has 1 aliphatic rings. The Bertz CT molecular complexity index is 201. The lowest BCUT2D eigenvalue weighted by Gasteiger charge is -2.31. The van der Waals surface area contributed by atoms with Crippen molar-refractivity contribution in [2.45, 2.75) is 26.2 Å². The largest absolute Gasteiger partial charge is 0.465 e. The lowest BCUT2D eigenvalue weighted by Crippen LogP contribution is -2.38. The van der Waals surface area contributed by atoms with Gasteiger partial charge >= 0.3 is 5.97 Å². The highest BCUT2D eigenvalue weighted by Crippen LogP contribution is 2.19. The molecule has 0 aromatic heterocycles. The average Bonchev–Trinajstić information content (AvgIpc) is 2.28. The Labute approximate surface area is 98.3 Å². The molecule has 94 valence electrons. The maximum atomic E-state index is 11.3. The molecule has 0 unspecified atom stereocenters. The van der Waals surface area contributed by atoms with Gasteiger partial charge in [-0.3, -0.25) is 9.69 Å². The molecule has 1 rings (SSSR count). The molecule has 0 aromatic rings. The minimum Gasteiger partial charge on any atom is -0.465 e. The Morgan fingerprint density at radius 3 is 2.69 bits per heavy atom. The van der Waals surface area contributed by atoms with Gasteiger partial charge in [0.25, 0.3) is 0 Å². The number of hydrogen-bond donors (Lipinski definition) is 1. The van der Waals surface area contributed by atoms with Crippen LogP contribution in [-0.4, -0.2) is 50.7 Å². The molecule has 16 heavy (non-hydrogen) atoms. The third-order valence-corrected chi connectivity index (χ3v) is 3.17. The zero-order chi connectivity index (χ0) is 11.8. The summed E-state index contributed by atoms with van der Waals surface area (Å²) in [6, 6.07) is 0. The monoisotopic (exact) mass is 228 g/mol. The topological polar surface area (TPSA) is 41.6 Å². The van der Waals surface area contributed by atoms with E-state index >= 15 is 0 Å². The second-order valence-corrected chi connectivity index (χ2v) is 4.42. The maximum Gasteiger partial charge on any atom is 0.320 e. The van der Waals surface area contributed by atoms with Gasteiger partial charge in [-0.15, -0.1) is 0 Å². The quantitative estimate of drug-likeness (QED) is 0.685. The van der Waals surface area contributed by atoms with E-state index in [1.807, 2.05) is 14.0 Å². The fraction of sp³-hybridized carbons (Fsp3) is 0.917. The van der Waals surface area contributed by atoms with E-state index in [2.05, 4.69) is 10.2 Å². The van der Waals surface area contributed by atoms with Gasteiger partial charge in [0.05, 0.1) is 13.2 Å². The Hall–Kier alpha value is -0.610. The number of likely N-dealkylation sites (tertiary alicyclic amines) is 1. The number of ether oxygens (including phenoxy) is 1. The average molecular weight is 228 g/mol. The second-order valence-electron chi connectivity index (χ2n) is 4.42. The van der Waals surface area contributed by atoms with Crippen LogP contribution >= 0.6 is 0 Å². The first-order valence-corrected chi connectivity index (χ1v) is 6.28. The van der Waals surface area contributed by atoms with Crippen LogP contribution in [0.1, 0.15) is 26.2 Å². The Kier molecular flexibility index (Phi) is 6.42. The number of piperidine rings is 1. The van der Waals surface area contributed by atoms with E-state index in [9.17, 15) is 4.79 Å². The van der Waals surface area contributed by atoms with Crippen LogP contribution in [0.5, 0.6) is 0 Å². The van der Waals surface area contributed by atoms with Crippen LogP contribution in [-0.2, 0) is 9.53 Å². The van der Waals surface area contributed by atoms with Gasteiger partial charge in [0, 0.05) is 0 Å². The summed E-state index contributed by atoms with van der Waals surface area (Å²) in [7, 11) is 2.00. The molecule has 0 aliphatic carbocycles. The van der Waals surface area contributed by atoms with Gasteiger partial charge in [0.2, 0.25) is 0 Å². The number of carbonyl (C=O) groups is 1. The minimum absolute atomic E-state index is 0.0869. The van der Waals surface area contributed by atoms with Crippen LogP contribution in [0.2, 0.25) is 0 Å². The molecule has 4 heteroatoms. The number of esters is 1. The van der Waals surface area contributed by atoms with Gasteiger partial charge in [-0.25, -0.2) is 0 Å². The predicted molar refractivity (Wildman–Crippen MR) is 64.3 cm³/mol. The smallest absolute Gasteiger partial charge is 0.320 e. The summed E-state index contributed by atoms with van der Waals surface area (Å²) in [6.45, 7) is 5.97. The summed E-state index contributed by atoms with van der Waals surface area (Å²) in [5.41, 5.74) is 0. The summed E-state index contributed by atoms with van der Waals surface area (Å²) < 4.78 is 4.95. The minimum atomic E-state index is -0.0869. The molecule has 1 heterocycles. The van der Waals surface area contributed by atoms with Crippen molar-refractivity contribution in [3.05, 3.63) is 0 Å². The van der Waals surface area contributed by atoms with Gasteiger partial charge in [-0.05, 0) is 58.8 Å². The van der Waals surface area contributed by atoms with Crippen LogP contribution in [0.4, 0.5) is 0 Å². The van der Waals surface area contributed by atoms with Gasteiger partial charge < -0.3 is 10.1 Å². The van der Waals surface area contributed by atoms with Gasteiger partial charge in [0.1, 0.15) is 0 Å². The highest BCUT2D eigenvalue weighted by atomic mass is 16.5. The molecule has 0 saturated carbocycles. The van der Waals surface area contributed by atoms with Crippen molar-refractivity contribution >= 4 is 5.97 Å². The lowest BCUT2D eigenvalue weighted by atomic mass is 9.93. The molecular formula is C12H24N2O2. The number of rotatable bonds is 6. The summed E-state index contributed by atoms with van der Waals surface area (Å²) >= 11 is 0. The molecule has 0 radical (unpaired) electrons. The molecule has 0 amide bonds. The first-order valence-electron chi connectivity index (χ1n) is 6.28. The van der Waals surface area contributed by atoms with Crippen molar-refractivity contribution < 1.29 is 9.53 Å². The molecule has 1 aliphatic heterocycles. The highest BCUT2D eigenvalue weighted by Gasteiger charge is 2.20. The summed E-state index contributed by atoms with van der Waals surface area (Å²) in [4.78, 5) is 13.5. The second kappa shape index (κ2) is 7.63. The van der Waals surface area contributed by atoms with E-state index in [1.165, 1.54) is 19.3 Å². The Morgan fingerprint density at radius 1 is 1.44 bits per heavy atom. The molecule has 1 fully saturated rings. The number of nitrogens with one attached hydrogen (secondary N) is 1. The van der Waals surface area contributed by atoms with Gasteiger partial charge in [0.15, 0.2) is 0 Å². The van der Waals surface area contributed by atoms with Crippen LogP contribution in [0, 0.1) is 5.92 Å². The number of hydrogen-bond acceptors (Lipinski definition) is 4. The van der Waals surface area contributed by atoms with Crippen molar-refractivity contribution in [3.63, 3.8) is 0 Å². The normalized spacial score (nSPS) is 18.6. The first kappa shape index (κ1) is 13.5. The standard InChI is InChI=1S/C12H24N2O2/c1-3-16-12(15)10-14-8-5-11(6-9-14)4-7-13-2/h11,13H,3-10H2,1-2H3. The maximum absolute atomic E-state index is 11.3. The van der Waals surface area contributed by atoms with E-state index in [1.54, 1.807) is 0 Å². The van der Waals surface area contributed by atoms with Crippen molar-refractivity contribution in [1.29, 1.82) is 0 Å². The van der Waals surface area contributed by atoms with E-state index in [0.717, 1.165) is 25.6 Å². The Morgan fingerprint density at radius 2 is 2.12 bits per heavy atom. The molecule has 0 aromatic carbocycles. The molecule has 0 atom stereocenters. The SMILES string of the molecule is CCOC(=O)CN1CCC(CCNC)CC1. The number of carbonyl (C=O) groups excluding carboxylic acids is 1. The van der Waals surface area contributed by atoms with E-state index in [4.69, 9.17) is 4.74 Å².